The number of benzene rings is 2. The van der Waals surface area contributed by atoms with Gasteiger partial charge in [-0.1, -0.05) is 0 Å². The standard InChI is InChI=1S/C18H15N3O2/c1-11-19-15-5-4-14(10-17(15)23-11)20-18(22)13-3-6-16-12(9-13)7-8-21(16)2/h3-10H,1-2H3,(H,20,22). The first-order chi connectivity index (χ1) is 11.1. The smallest absolute Gasteiger partial charge is 0.255 e. The minimum absolute atomic E-state index is 0.147. The maximum absolute atomic E-state index is 12.4. The summed E-state index contributed by atoms with van der Waals surface area (Å²) in [5.74, 6) is 0.462. The van der Waals surface area contributed by atoms with Crippen LogP contribution in [0.3, 0.4) is 0 Å². The van der Waals surface area contributed by atoms with Crippen LogP contribution in [0, 0.1) is 6.92 Å². The van der Waals surface area contributed by atoms with Crippen LogP contribution in [0.4, 0.5) is 5.69 Å². The van der Waals surface area contributed by atoms with Crippen LogP contribution in [0.5, 0.6) is 0 Å². The van der Waals surface area contributed by atoms with Crippen molar-refractivity contribution < 1.29 is 9.21 Å². The number of nitrogens with zero attached hydrogens (tertiary/aromatic N) is 2. The summed E-state index contributed by atoms with van der Waals surface area (Å²) in [6.07, 6.45) is 1.98. The molecule has 23 heavy (non-hydrogen) atoms. The highest BCUT2D eigenvalue weighted by Gasteiger charge is 2.10. The molecule has 0 saturated heterocycles. The third kappa shape index (κ3) is 2.36. The van der Waals surface area contributed by atoms with Crippen molar-refractivity contribution in [1.29, 1.82) is 0 Å². The molecule has 4 aromatic rings. The van der Waals surface area contributed by atoms with E-state index in [2.05, 4.69) is 10.3 Å². The summed E-state index contributed by atoms with van der Waals surface area (Å²) in [5.41, 5.74) is 3.86. The van der Waals surface area contributed by atoms with E-state index in [1.54, 1.807) is 13.0 Å². The van der Waals surface area contributed by atoms with Gasteiger partial charge in [0, 0.05) is 48.4 Å². The third-order valence-electron chi connectivity index (χ3n) is 3.90. The van der Waals surface area contributed by atoms with E-state index in [4.69, 9.17) is 4.42 Å². The van der Waals surface area contributed by atoms with Crippen molar-refractivity contribution in [1.82, 2.24) is 9.55 Å². The van der Waals surface area contributed by atoms with Gasteiger partial charge < -0.3 is 14.3 Å². The van der Waals surface area contributed by atoms with Gasteiger partial charge >= 0.3 is 0 Å². The lowest BCUT2D eigenvalue weighted by Gasteiger charge is -2.05. The molecule has 0 unspecified atom stereocenters. The number of aryl methyl sites for hydroxylation is 2. The molecule has 1 amide bonds. The number of aromatic nitrogens is 2. The van der Waals surface area contributed by atoms with E-state index in [-0.39, 0.29) is 5.91 Å². The molecule has 5 heteroatoms. The topological polar surface area (TPSA) is 60.1 Å². The molecule has 4 rings (SSSR count). The van der Waals surface area contributed by atoms with E-state index in [1.165, 1.54) is 0 Å². The lowest BCUT2D eigenvalue weighted by atomic mass is 10.1. The third-order valence-corrected chi connectivity index (χ3v) is 3.90. The molecule has 0 radical (unpaired) electrons. The fourth-order valence-corrected chi connectivity index (χ4v) is 2.74. The number of rotatable bonds is 2. The molecule has 114 valence electrons. The van der Waals surface area contributed by atoms with Crippen LogP contribution in [-0.4, -0.2) is 15.5 Å². The maximum Gasteiger partial charge on any atom is 0.255 e. The molecule has 0 spiro atoms. The van der Waals surface area contributed by atoms with Crippen molar-refractivity contribution in [3.05, 3.63) is 60.1 Å². The summed E-state index contributed by atoms with van der Waals surface area (Å²) in [4.78, 5) is 16.7. The summed E-state index contributed by atoms with van der Waals surface area (Å²) in [7, 11) is 1.98. The summed E-state index contributed by atoms with van der Waals surface area (Å²) in [6.45, 7) is 1.80. The number of oxazole rings is 1. The summed E-state index contributed by atoms with van der Waals surface area (Å²) < 4.78 is 7.52. The Kier molecular flexibility index (Phi) is 2.94. The predicted molar refractivity (Wildman–Crippen MR) is 89.6 cm³/mol. The maximum atomic E-state index is 12.4. The number of carbonyl (C=O) groups is 1. The minimum Gasteiger partial charge on any atom is -0.441 e. The van der Waals surface area contributed by atoms with Crippen LogP contribution < -0.4 is 5.32 Å². The van der Waals surface area contributed by atoms with Crippen LogP contribution in [0.25, 0.3) is 22.0 Å². The number of anilines is 1. The molecule has 2 aromatic carbocycles. The van der Waals surface area contributed by atoms with Crippen LogP contribution >= 0.6 is 0 Å². The number of fused-ring (bicyclic) bond motifs is 2. The Morgan fingerprint density at radius 2 is 2.04 bits per heavy atom. The van der Waals surface area contributed by atoms with E-state index >= 15 is 0 Å². The molecule has 2 aromatic heterocycles. The van der Waals surface area contributed by atoms with Crippen LogP contribution in [0.1, 0.15) is 16.2 Å². The van der Waals surface area contributed by atoms with Crippen molar-refractivity contribution in [3.8, 4) is 0 Å². The Balaban J connectivity index is 1.64. The molecule has 0 atom stereocenters. The Hall–Kier alpha value is -3.08. The lowest BCUT2D eigenvalue weighted by Crippen LogP contribution is -2.11. The fraction of sp³-hybridized carbons (Fsp3) is 0.111. The van der Waals surface area contributed by atoms with E-state index in [0.717, 1.165) is 16.4 Å². The van der Waals surface area contributed by atoms with Crippen LogP contribution in [0.2, 0.25) is 0 Å². The van der Waals surface area contributed by atoms with Gasteiger partial charge in [-0.15, -0.1) is 0 Å². The summed E-state index contributed by atoms with van der Waals surface area (Å²) in [5, 5.41) is 3.94. The number of hydrogen-bond donors (Lipinski definition) is 1. The number of hydrogen-bond acceptors (Lipinski definition) is 3. The first kappa shape index (κ1) is 13.6. The SMILES string of the molecule is Cc1nc2ccc(NC(=O)c3ccc4c(ccn4C)c3)cc2o1. The highest BCUT2D eigenvalue weighted by molar-refractivity contribution is 6.06. The van der Waals surface area contributed by atoms with Crippen molar-refractivity contribution >= 4 is 33.6 Å². The van der Waals surface area contributed by atoms with Gasteiger partial charge in [-0.3, -0.25) is 4.79 Å². The molecular weight excluding hydrogens is 290 g/mol. The van der Waals surface area contributed by atoms with Gasteiger partial charge in [-0.25, -0.2) is 4.98 Å². The number of nitrogens with one attached hydrogen (secondary N) is 1. The summed E-state index contributed by atoms with van der Waals surface area (Å²) in [6, 6.07) is 13.1. The van der Waals surface area contributed by atoms with Crippen molar-refractivity contribution in [2.75, 3.05) is 5.32 Å². The quantitative estimate of drug-likeness (QED) is 0.611. The fourth-order valence-electron chi connectivity index (χ4n) is 2.74. The molecule has 0 saturated carbocycles. The zero-order chi connectivity index (χ0) is 16.0. The van der Waals surface area contributed by atoms with Crippen LogP contribution in [-0.2, 0) is 7.05 Å². The molecule has 0 bridgehead atoms. The van der Waals surface area contributed by atoms with Crippen molar-refractivity contribution in [3.63, 3.8) is 0 Å². The molecular formula is C18H15N3O2. The van der Waals surface area contributed by atoms with E-state index in [9.17, 15) is 4.79 Å². The second-order valence-electron chi connectivity index (χ2n) is 5.57. The van der Waals surface area contributed by atoms with Gasteiger partial charge in [0.25, 0.3) is 5.91 Å². The van der Waals surface area contributed by atoms with Crippen molar-refractivity contribution in [2.24, 2.45) is 7.05 Å². The molecule has 0 aliphatic carbocycles. The van der Waals surface area contributed by atoms with Gasteiger partial charge in [0.05, 0.1) is 0 Å². The highest BCUT2D eigenvalue weighted by Crippen LogP contribution is 2.21. The predicted octanol–water partition coefficient (Wildman–Crippen LogP) is 3.88. The van der Waals surface area contributed by atoms with Crippen LogP contribution in [0.15, 0.2) is 53.1 Å². The molecule has 0 fully saturated rings. The van der Waals surface area contributed by atoms with Gasteiger partial charge in [0.15, 0.2) is 11.5 Å². The van der Waals surface area contributed by atoms with E-state index in [1.807, 2.05) is 54.2 Å². The molecule has 2 heterocycles. The van der Waals surface area contributed by atoms with Gasteiger partial charge in [-0.2, -0.15) is 0 Å². The Morgan fingerprint density at radius 1 is 1.17 bits per heavy atom. The minimum atomic E-state index is -0.147. The zero-order valence-electron chi connectivity index (χ0n) is 12.8. The Morgan fingerprint density at radius 3 is 2.91 bits per heavy atom. The van der Waals surface area contributed by atoms with E-state index < -0.39 is 0 Å². The monoisotopic (exact) mass is 305 g/mol. The largest absolute Gasteiger partial charge is 0.441 e. The summed E-state index contributed by atoms with van der Waals surface area (Å²) >= 11 is 0. The van der Waals surface area contributed by atoms with Gasteiger partial charge in [-0.05, 0) is 36.4 Å². The molecule has 5 nitrogen and oxygen atoms in total. The number of amides is 1. The first-order valence-electron chi connectivity index (χ1n) is 7.34. The number of carbonyl (C=O) groups excluding carboxylic acids is 1. The molecule has 0 aliphatic rings. The normalized spacial score (nSPS) is 11.2. The first-order valence-corrected chi connectivity index (χ1v) is 7.34. The van der Waals surface area contributed by atoms with E-state index in [0.29, 0.717) is 22.7 Å². The Bertz CT molecular complexity index is 1040. The zero-order valence-corrected chi connectivity index (χ0v) is 12.8. The second-order valence-corrected chi connectivity index (χ2v) is 5.57. The lowest BCUT2D eigenvalue weighted by molar-refractivity contribution is 0.102. The second kappa shape index (κ2) is 4.98. The average molecular weight is 305 g/mol. The van der Waals surface area contributed by atoms with Gasteiger partial charge in [0.1, 0.15) is 5.52 Å². The molecule has 1 N–H and O–H groups in total. The van der Waals surface area contributed by atoms with Gasteiger partial charge in [0.2, 0.25) is 0 Å². The highest BCUT2D eigenvalue weighted by atomic mass is 16.3. The Labute approximate surface area is 132 Å². The average Bonchev–Trinajstić information content (AvgIpc) is 3.08. The van der Waals surface area contributed by atoms with Crippen molar-refractivity contribution in [2.45, 2.75) is 6.92 Å². The molecule has 0 aliphatic heterocycles.